The zero-order valence-electron chi connectivity index (χ0n) is 22.8. The van der Waals surface area contributed by atoms with Gasteiger partial charge < -0.3 is 0 Å². The van der Waals surface area contributed by atoms with E-state index in [0.29, 0.717) is 0 Å². The zero-order chi connectivity index (χ0) is 27.3. The Balaban J connectivity index is 1.93. The number of aromatic nitrogens is 4. The fourth-order valence-corrected chi connectivity index (χ4v) is 8.51. The molecule has 38 heavy (non-hydrogen) atoms. The van der Waals surface area contributed by atoms with Gasteiger partial charge in [0, 0.05) is 0 Å². The van der Waals surface area contributed by atoms with E-state index in [1.54, 1.807) is 0 Å². The summed E-state index contributed by atoms with van der Waals surface area (Å²) in [6.45, 7) is 16.9. The molecule has 2 aliphatic rings. The number of nitrogens with one attached hydrogen (secondary N) is 2. The Morgan fingerprint density at radius 1 is 1.03 bits per heavy atom. The molecule has 2 aliphatic heterocycles. The molecule has 3 N–H and O–H groups in total. The van der Waals surface area contributed by atoms with E-state index >= 15 is 0 Å². The summed E-state index contributed by atoms with van der Waals surface area (Å²) in [6.07, 6.45) is 4.95. The summed E-state index contributed by atoms with van der Waals surface area (Å²) in [5.41, 5.74) is 14.9. The van der Waals surface area contributed by atoms with Gasteiger partial charge in [0.15, 0.2) is 0 Å². The molecule has 198 valence electrons. The van der Waals surface area contributed by atoms with Crippen molar-refractivity contribution in [3.8, 4) is 0 Å². The average molecular weight is 622 g/mol. The summed E-state index contributed by atoms with van der Waals surface area (Å²) in [7, 11) is 0. The Bertz CT molecular complexity index is 1670. The molecule has 7 heteroatoms. The van der Waals surface area contributed by atoms with Crippen LogP contribution >= 0.6 is 0 Å². The Morgan fingerprint density at radius 3 is 2.42 bits per heavy atom. The minimum atomic E-state index is -0.736. The van der Waals surface area contributed by atoms with Crippen molar-refractivity contribution >= 4 is 45.8 Å². The molecule has 0 saturated carbocycles. The van der Waals surface area contributed by atoms with Gasteiger partial charge in [0.05, 0.1) is 0 Å². The molecule has 5 heterocycles. The van der Waals surface area contributed by atoms with Crippen LogP contribution in [0.1, 0.15) is 81.2 Å². The Kier molecular flexibility index (Phi) is 7.07. The molecule has 5 rings (SSSR count). The number of carboxylic acids is 1. The third kappa shape index (κ3) is 4.51. The fraction of sp³-hybridized carbons (Fsp3) is 0.323. The molecule has 3 aromatic rings. The Hall–Kier alpha value is -3.20. The first-order valence-electron chi connectivity index (χ1n) is 13.0. The molecule has 0 spiro atoms. The number of H-pyrrole nitrogens is 2. The van der Waals surface area contributed by atoms with Crippen molar-refractivity contribution in [2.45, 2.75) is 57.8 Å². The second kappa shape index (κ2) is 10.2. The number of aryl methyl sites for hydroxylation is 3. The number of hydrogen-bond donors (Lipinski definition) is 3. The summed E-state index contributed by atoms with van der Waals surface area (Å²) >= 11 is -0.644. The third-order valence-corrected chi connectivity index (χ3v) is 11.5. The van der Waals surface area contributed by atoms with E-state index in [9.17, 15) is 9.90 Å². The number of carbonyl (C=O) groups is 1. The van der Waals surface area contributed by atoms with Crippen LogP contribution in [-0.2, 0) is 11.2 Å². The van der Waals surface area contributed by atoms with Gasteiger partial charge in [-0.15, -0.1) is 0 Å². The number of carboxylic acid groups (broad SMARTS) is 1. The van der Waals surface area contributed by atoms with Crippen LogP contribution in [-0.4, -0.2) is 35.4 Å². The monoisotopic (exact) mass is 621 g/mol. The summed E-state index contributed by atoms with van der Waals surface area (Å²) in [5, 5.41) is 9.46. The van der Waals surface area contributed by atoms with Crippen molar-refractivity contribution in [1.29, 1.82) is 0 Å². The molecule has 0 amide bonds. The average Bonchev–Trinajstić information content (AvgIpc) is 3.57. The first-order valence-corrected chi connectivity index (χ1v) is 15.7. The van der Waals surface area contributed by atoms with Gasteiger partial charge in [-0.05, 0) is 0 Å². The first kappa shape index (κ1) is 26.4. The van der Waals surface area contributed by atoms with Crippen molar-refractivity contribution in [3.05, 3.63) is 75.4 Å². The van der Waals surface area contributed by atoms with Gasteiger partial charge in [0.25, 0.3) is 0 Å². The Morgan fingerprint density at radius 2 is 1.74 bits per heavy atom. The van der Waals surface area contributed by atoms with E-state index < -0.39 is 27.2 Å². The SMILES string of the molecule is C=Cc1c(C)c2cc3nc(c(C)c4nc(cc5[nH]c(cc1[nH]2)c(C)c5CC)C(C)=C4)[C@@H]([I-]CC(=O)O)[C@@H]3C. The van der Waals surface area contributed by atoms with Crippen LogP contribution in [0, 0.1) is 20.8 Å². The molecule has 0 radical (unpaired) electrons. The van der Waals surface area contributed by atoms with Crippen molar-refractivity contribution < 1.29 is 31.1 Å². The second-order valence-corrected chi connectivity index (χ2v) is 13.2. The summed E-state index contributed by atoms with van der Waals surface area (Å²) in [6, 6.07) is 6.47. The molecule has 2 atom stereocenters. The number of hydrogen-bond acceptors (Lipinski definition) is 3. The van der Waals surface area contributed by atoms with Gasteiger partial charge in [-0.25, -0.2) is 0 Å². The predicted molar refractivity (Wildman–Crippen MR) is 152 cm³/mol. The third-order valence-electron chi connectivity index (χ3n) is 7.78. The summed E-state index contributed by atoms with van der Waals surface area (Å²) in [5.74, 6) is -0.604. The van der Waals surface area contributed by atoms with Crippen molar-refractivity contribution in [2.24, 2.45) is 0 Å². The summed E-state index contributed by atoms with van der Waals surface area (Å²) < 4.78 is 0.339. The quantitative estimate of drug-likeness (QED) is 0.297. The molecule has 8 bridgehead atoms. The summed E-state index contributed by atoms with van der Waals surface area (Å²) in [4.78, 5) is 29.0. The van der Waals surface area contributed by atoms with E-state index in [2.05, 4.69) is 82.4 Å². The van der Waals surface area contributed by atoms with Gasteiger partial charge >= 0.3 is 234 Å². The molecule has 0 unspecified atom stereocenters. The number of alkyl halides is 2. The second-order valence-electron chi connectivity index (χ2n) is 10.2. The minimum absolute atomic E-state index is 0.122. The van der Waals surface area contributed by atoms with Gasteiger partial charge in [0.2, 0.25) is 0 Å². The maximum absolute atomic E-state index is 11.5. The Labute approximate surface area is 233 Å². The van der Waals surface area contributed by atoms with E-state index in [0.717, 1.165) is 73.5 Å². The number of halogens is 1. The molecular formula is C31H34IN4O2-. The topological polar surface area (TPSA) is 94.7 Å². The van der Waals surface area contributed by atoms with Crippen LogP contribution < -0.4 is 21.2 Å². The number of allylic oxidation sites excluding steroid dienone is 1. The van der Waals surface area contributed by atoms with Crippen molar-refractivity contribution in [3.63, 3.8) is 0 Å². The van der Waals surface area contributed by atoms with Crippen LogP contribution in [0.2, 0.25) is 0 Å². The normalized spacial score (nSPS) is 17.1. The number of aromatic amines is 2. The van der Waals surface area contributed by atoms with E-state index in [1.165, 1.54) is 11.1 Å². The molecule has 0 saturated heterocycles. The van der Waals surface area contributed by atoms with Gasteiger partial charge in [-0.2, -0.15) is 0 Å². The van der Waals surface area contributed by atoms with E-state index in [4.69, 9.17) is 9.97 Å². The number of rotatable bonds is 5. The number of fused-ring (bicyclic) bond motifs is 8. The molecule has 0 aromatic carbocycles. The molecule has 0 aliphatic carbocycles. The van der Waals surface area contributed by atoms with Crippen LogP contribution in [0.15, 0.2) is 24.8 Å². The number of nitrogens with zero attached hydrogens (tertiary/aromatic N) is 2. The zero-order valence-corrected chi connectivity index (χ0v) is 24.9. The van der Waals surface area contributed by atoms with Crippen LogP contribution in [0.4, 0.5) is 0 Å². The van der Waals surface area contributed by atoms with Crippen molar-refractivity contribution in [2.75, 3.05) is 4.43 Å². The van der Waals surface area contributed by atoms with Gasteiger partial charge in [0.1, 0.15) is 0 Å². The van der Waals surface area contributed by atoms with Gasteiger partial charge in [-0.3, -0.25) is 0 Å². The number of aliphatic carboxylic acids is 1. The van der Waals surface area contributed by atoms with Crippen LogP contribution in [0.25, 0.3) is 39.8 Å². The first-order chi connectivity index (χ1) is 18.1. The van der Waals surface area contributed by atoms with E-state index in [1.807, 2.05) is 6.08 Å². The molecular weight excluding hydrogens is 587 g/mol. The van der Waals surface area contributed by atoms with Gasteiger partial charge in [-0.1, -0.05) is 0 Å². The van der Waals surface area contributed by atoms with Crippen molar-refractivity contribution in [1.82, 2.24) is 19.9 Å². The fourth-order valence-electron chi connectivity index (χ4n) is 5.50. The molecule has 0 fully saturated rings. The predicted octanol–water partition coefficient (Wildman–Crippen LogP) is 4.02. The van der Waals surface area contributed by atoms with Crippen LogP contribution in [0.3, 0.4) is 0 Å². The van der Waals surface area contributed by atoms with Crippen LogP contribution in [0.5, 0.6) is 0 Å². The maximum atomic E-state index is 11.5. The molecule has 6 nitrogen and oxygen atoms in total. The molecule has 3 aromatic heterocycles. The standard InChI is InChI=1S/C31H34IN4O2/c1-8-20-17(5)25-13-28-21(9-2)16(4)24(34-28)12-26-18(6)30(32-14-29(37)38)31(36-26)19(7)23-10-15(3)22(33-23)11-27(20)35-25/h9-13,18,30,34-35H,2,8,14H2,1,3-7H3,(H,37,38)/q-1/t18-,30+/m1/s1. The van der Waals surface area contributed by atoms with E-state index in [-0.39, 0.29) is 14.3 Å².